The molecular weight excluding hydrogens is 780 g/mol. The van der Waals surface area contributed by atoms with E-state index >= 15 is 0 Å². The molecule has 0 bridgehead atoms. The largest absolute Gasteiger partial charge is 0.481 e. The molecular formula is C36H60N10O13. The third-order valence-corrected chi connectivity index (χ3v) is 8.54. The summed E-state index contributed by atoms with van der Waals surface area (Å²) in [4.78, 5) is 122. The molecule has 0 fully saturated rings. The summed E-state index contributed by atoms with van der Waals surface area (Å²) in [6.45, 7) is 8.79. The van der Waals surface area contributed by atoms with Crippen LogP contribution in [0.15, 0.2) is 12.5 Å². The quantitative estimate of drug-likeness (QED) is 0.0403. The number of aromatic nitrogens is 2. The van der Waals surface area contributed by atoms with Gasteiger partial charge in [-0.25, -0.2) is 4.98 Å². The van der Waals surface area contributed by atoms with E-state index in [4.69, 9.17) is 15.9 Å². The molecule has 7 amide bonds. The van der Waals surface area contributed by atoms with E-state index in [0.717, 1.165) is 0 Å². The summed E-state index contributed by atoms with van der Waals surface area (Å²) >= 11 is 0. The van der Waals surface area contributed by atoms with Gasteiger partial charge in [-0.1, -0.05) is 27.7 Å². The molecule has 23 heteroatoms. The first-order chi connectivity index (χ1) is 27.5. The van der Waals surface area contributed by atoms with Crippen LogP contribution in [0, 0.1) is 11.8 Å². The van der Waals surface area contributed by atoms with Gasteiger partial charge in [-0.05, 0) is 44.9 Å². The van der Waals surface area contributed by atoms with E-state index in [0.29, 0.717) is 5.69 Å². The van der Waals surface area contributed by atoms with Gasteiger partial charge in [0.05, 0.1) is 31.5 Å². The lowest BCUT2D eigenvalue weighted by Crippen LogP contribution is -2.60. The van der Waals surface area contributed by atoms with Gasteiger partial charge in [-0.2, -0.15) is 0 Å². The summed E-state index contributed by atoms with van der Waals surface area (Å²) in [6, 6.07) is -9.40. The molecule has 8 atom stereocenters. The standard InChI is InChI=1S/C36H60N10O13/c1-17(2)9-24(33(56)41-19(5)30(53)39-14-22(48)15-47)45-35(58)25(10-18(3)4)46-36(59)27(12-29(51)52)43-31(54)20(6)42-34(57)26(11-21-13-38-16-40-21)44-32(55)23(37)7-8-28(49)50/h13,16-20,22-27,47-48H,7-12,14-15,37H2,1-6H3,(H,38,40)(H,39,53)(H,41,56)(H,42,57)(H,43,54)(H,44,55)(H,45,58)(H,46,59)(H,49,50)(H,51,52)/t19-,20-,22?,23-,24-,25-,26-,27-/m0/s1. The maximum Gasteiger partial charge on any atom is 0.305 e. The number of nitrogens with zero attached hydrogens (tertiary/aromatic N) is 1. The fourth-order valence-corrected chi connectivity index (χ4v) is 5.34. The van der Waals surface area contributed by atoms with Crippen molar-refractivity contribution in [2.75, 3.05) is 13.2 Å². The third kappa shape index (κ3) is 20.0. The van der Waals surface area contributed by atoms with Gasteiger partial charge in [0.15, 0.2) is 0 Å². The highest BCUT2D eigenvalue weighted by Gasteiger charge is 2.34. The fraction of sp³-hybridized carbons (Fsp3) is 0.667. The molecule has 1 rings (SSSR count). The molecule has 0 spiro atoms. The van der Waals surface area contributed by atoms with Gasteiger partial charge in [0.2, 0.25) is 41.4 Å². The molecule has 0 radical (unpaired) electrons. The Morgan fingerprint density at radius 3 is 1.61 bits per heavy atom. The van der Waals surface area contributed by atoms with Crippen molar-refractivity contribution in [3.05, 3.63) is 18.2 Å². The van der Waals surface area contributed by atoms with E-state index < -0.39 is 121 Å². The number of hydrogen-bond donors (Lipinski definition) is 13. The second kappa shape index (κ2) is 25.6. The molecule has 1 unspecified atom stereocenters. The Bertz CT molecular complexity index is 1590. The number of aromatic amines is 1. The Morgan fingerprint density at radius 1 is 0.661 bits per heavy atom. The molecule has 0 aromatic carbocycles. The van der Waals surface area contributed by atoms with Crippen LogP contribution in [0.25, 0.3) is 0 Å². The Morgan fingerprint density at radius 2 is 1.14 bits per heavy atom. The zero-order chi connectivity index (χ0) is 45.0. The molecule has 332 valence electrons. The van der Waals surface area contributed by atoms with Crippen molar-refractivity contribution in [3.63, 3.8) is 0 Å². The molecule has 1 heterocycles. The first-order valence-electron chi connectivity index (χ1n) is 19.1. The molecule has 0 aliphatic heterocycles. The van der Waals surface area contributed by atoms with Crippen molar-refractivity contribution in [2.45, 2.75) is 128 Å². The van der Waals surface area contributed by atoms with Gasteiger partial charge in [0.1, 0.15) is 36.3 Å². The molecule has 23 nitrogen and oxygen atoms in total. The first-order valence-corrected chi connectivity index (χ1v) is 19.1. The van der Waals surface area contributed by atoms with E-state index in [2.05, 4.69) is 47.2 Å². The minimum absolute atomic E-state index is 0.0170. The van der Waals surface area contributed by atoms with Crippen LogP contribution >= 0.6 is 0 Å². The Labute approximate surface area is 341 Å². The highest BCUT2D eigenvalue weighted by molar-refractivity contribution is 5.98. The van der Waals surface area contributed by atoms with E-state index in [9.17, 15) is 53.4 Å². The summed E-state index contributed by atoms with van der Waals surface area (Å²) in [5.41, 5.74) is 6.20. The number of aliphatic hydroxyl groups is 2. The molecule has 0 aliphatic rings. The fourth-order valence-electron chi connectivity index (χ4n) is 5.34. The number of carboxylic acid groups (broad SMARTS) is 2. The van der Waals surface area contributed by atoms with E-state index in [1.165, 1.54) is 26.4 Å². The van der Waals surface area contributed by atoms with Crippen molar-refractivity contribution in [3.8, 4) is 0 Å². The van der Waals surface area contributed by atoms with Crippen LogP contribution in [0.3, 0.4) is 0 Å². The molecule has 0 aliphatic carbocycles. The molecule has 0 saturated heterocycles. The first kappa shape index (κ1) is 51.3. The average Bonchev–Trinajstić information content (AvgIpc) is 3.66. The maximum absolute atomic E-state index is 13.6. The van der Waals surface area contributed by atoms with Crippen molar-refractivity contribution >= 4 is 53.3 Å². The number of carbonyl (C=O) groups is 9. The van der Waals surface area contributed by atoms with Gasteiger partial charge in [0.25, 0.3) is 0 Å². The Balaban J connectivity index is 3.15. The van der Waals surface area contributed by atoms with Crippen molar-refractivity contribution in [1.29, 1.82) is 0 Å². The zero-order valence-electron chi connectivity index (χ0n) is 34.1. The van der Waals surface area contributed by atoms with Gasteiger partial charge in [0, 0.05) is 31.3 Å². The highest BCUT2D eigenvalue weighted by atomic mass is 16.4. The van der Waals surface area contributed by atoms with Crippen molar-refractivity contribution in [1.82, 2.24) is 47.2 Å². The lowest BCUT2D eigenvalue weighted by molar-refractivity contribution is -0.141. The number of aliphatic carboxylic acids is 2. The van der Waals surface area contributed by atoms with Crippen LogP contribution in [-0.2, 0) is 49.6 Å². The predicted molar refractivity (Wildman–Crippen MR) is 207 cm³/mol. The normalized spacial score (nSPS) is 15.2. The molecule has 1 aromatic heterocycles. The summed E-state index contributed by atoms with van der Waals surface area (Å²) < 4.78 is 0. The highest BCUT2D eigenvalue weighted by Crippen LogP contribution is 2.11. The molecule has 14 N–H and O–H groups in total. The van der Waals surface area contributed by atoms with Crippen LogP contribution in [-0.4, -0.2) is 145 Å². The number of nitrogens with one attached hydrogen (secondary N) is 8. The van der Waals surface area contributed by atoms with Crippen LogP contribution < -0.4 is 43.0 Å². The molecule has 0 saturated carbocycles. The summed E-state index contributed by atoms with van der Waals surface area (Å²) in [7, 11) is 0. The van der Waals surface area contributed by atoms with E-state index in [-0.39, 0.29) is 44.1 Å². The van der Waals surface area contributed by atoms with E-state index in [1.807, 2.05) is 0 Å². The SMILES string of the molecule is CC(C)C[C@H](NC(=O)[C@H](CC(C)C)NC(=O)[C@H](CC(=O)O)NC(=O)[C@H](C)NC(=O)[C@H](Cc1cnc[nH]1)NC(=O)[C@@H](N)CCC(=O)O)C(=O)N[C@@H](C)C(=O)NCC(O)CO. The van der Waals surface area contributed by atoms with E-state index in [1.54, 1.807) is 27.7 Å². The monoisotopic (exact) mass is 840 g/mol. The lowest BCUT2D eigenvalue weighted by atomic mass is 9.99. The predicted octanol–water partition coefficient (Wildman–Crippen LogP) is -3.87. The smallest absolute Gasteiger partial charge is 0.305 e. The number of amides is 7. The van der Waals surface area contributed by atoms with Crippen LogP contribution in [0.2, 0.25) is 0 Å². The number of H-pyrrole nitrogens is 1. The summed E-state index contributed by atoms with van der Waals surface area (Å²) in [5, 5.41) is 54.0. The Hall–Kier alpha value is -5.68. The van der Waals surface area contributed by atoms with Crippen molar-refractivity contribution < 1.29 is 63.6 Å². The Kier molecular flexibility index (Phi) is 22.3. The van der Waals surface area contributed by atoms with Crippen molar-refractivity contribution in [2.24, 2.45) is 17.6 Å². The van der Waals surface area contributed by atoms with Gasteiger partial charge < -0.3 is 68.4 Å². The number of carbonyl (C=O) groups excluding carboxylic acids is 7. The topological polar surface area (TPSA) is 373 Å². The average molecular weight is 841 g/mol. The number of carboxylic acids is 2. The number of aliphatic hydroxyl groups excluding tert-OH is 2. The lowest BCUT2D eigenvalue weighted by Gasteiger charge is -2.27. The van der Waals surface area contributed by atoms with Crippen LogP contribution in [0.4, 0.5) is 0 Å². The van der Waals surface area contributed by atoms with Gasteiger partial charge >= 0.3 is 11.9 Å². The third-order valence-electron chi connectivity index (χ3n) is 8.54. The maximum atomic E-state index is 13.6. The number of nitrogens with two attached hydrogens (primary N) is 1. The van der Waals surface area contributed by atoms with Crippen LogP contribution in [0.5, 0.6) is 0 Å². The molecule has 59 heavy (non-hydrogen) atoms. The number of imidazole rings is 1. The zero-order valence-corrected chi connectivity index (χ0v) is 34.1. The molecule has 1 aromatic rings. The van der Waals surface area contributed by atoms with Gasteiger partial charge in [-0.15, -0.1) is 0 Å². The summed E-state index contributed by atoms with van der Waals surface area (Å²) in [6.07, 6.45) is -0.0888. The van der Waals surface area contributed by atoms with Gasteiger partial charge in [-0.3, -0.25) is 43.2 Å². The summed E-state index contributed by atoms with van der Waals surface area (Å²) in [5.74, 6) is -9.04. The minimum atomic E-state index is -1.76. The second-order valence-corrected chi connectivity index (χ2v) is 15.0. The number of rotatable bonds is 27. The minimum Gasteiger partial charge on any atom is -0.481 e. The number of hydrogen-bond acceptors (Lipinski definition) is 13. The van der Waals surface area contributed by atoms with Crippen LogP contribution in [0.1, 0.15) is 79.3 Å². The second-order valence-electron chi connectivity index (χ2n) is 15.0.